The second-order valence-electron chi connectivity index (χ2n) is 10.7. The summed E-state index contributed by atoms with van der Waals surface area (Å²) in [6, 6.07) is 10.4. The number of aliphatic hydroxyl groups is 1. The van der Waals surface area contributed by atoms with E-state index in [0.717, 1.165) is 10.5 Å². The summed E-state index contributed by atoms with van der Waals surface area (Å²) in [5.74, 6) is -0.170. The summed E-state index contributed by atoms with van der Waals surface area (Å²) >= 11 is 0. The molecule has 1 saturated heterocycles. The lowest BCUT2D eigenvalue weighted by atomic mass is 9.85. The molecular weight excluding hydrogens is 476 g/mol. The molecule has 1 aliphatic rings. The summed E-state index contributed by atoms with van der Waals surface area (Å²) in [6.45, 7) is 12.8. The van der Waals surface area contributed by atoms with E-state index in [1.54, 1.807) is 19.2 Å². The van der Waals surface area contributed by atoms with Crippen LogP contribution in [0.2, 0.25) is 18.1 Å². The van der Waals surface area contributed by atoms with E-state index >= 15 is 0 Å². The van der Waals surface area contributed by atoms with E-state index in [1.165, 1.54) is 7.11 Å². The molecule has 0 radical (unpaired) electrons. The maximum absolute atomic E-state index is 13.5. The minimum Gasteiger partial charge on any atom is -0.481 e. The summed E-state index contributed by atoms with van der Waals surface area (Å²) in [5, 5.41) is 11.8. The SMILES string of the molecule is CCC(O)(CC(=O)N1C(=O)OC[C@H]1c1ccccc1)c1ccnc(OC)c1CO[Si](C)(C)C(C)(C)C. The van der Waals surface area contributed by atoms with E-state index < -0.39 is 32.0 Å². The molecule has 0 bridgehead atoms. The minimum atomic E-state index is -2.13. The number of imide groups is 1. The lowest BCUT2D eigenvalue weighted by Gasteiger charge is -2.37. The fourth-order valence-corrected chi connectivity index (χ4v) is 5.00. The molecule has 1 aromatic carbocycles. The summed E-state index contributed by atoms with van der Waals surface area (Å²) in [4.78, 5) is 31.5. The van der Waals surface area contributed by atoms with E-state index in [1.807, 2.05) is 30.3 Å². The van der Waals surface area contributed by atoms with E-state index in [4.69, 9.17) is 13.9 Å². The highest BCUT2D eigenvalue weighted by molar-refractivity contribution is 6.74. The third-order valence-corrected chi connectivity index (χ3v) is 11.9. The zero-order valence-corrected chi connectivity index (χ0v) is 23.3. The molecule has 1 N–H and O–H groups in total. The molecule has 196 valence electrons. The molecule has 0 saturated carbocycles. The summed E-state index contributed by atoms with van der Waals surface area (Å²) < 4.78 is 17.2. The van der Waals surface area contributed by atoms with Gasteiger partial charge >= 0.3 is 6.09 Å². The van der Waals surface area contributed by atoms with Gasteiger partial charge in [0.1, 0.15) is 12.6 Å². The topological polar surface area (TPSA) is 98.2 Å². The number of pyridine rings is 1. The molecule has 2 atom stereocenters. The van der Waals surface area contributed by atoms with Gasteiger partial charge in [-0.3, -0.25) is 4.79 Å². The second-order valence-corrected chi connectivity index (χ2v) is 15.5. The first kappa shape index (κ1) is 27.8. The molecule has 9 heteroatoms. The number of rotatable bonds is 9. The number of ether oxygens (including phenoxy) is 2. The van der Waals surface area contributed by atoms with Gasteiger partial charge in [0.2, 0.25) is 11.8 Å². The number of aromatic nitrogens is 1. The van der Waals surface area contributed by atoms with E-state index in [0.29, 0.717) is 17.0 Å². The molecule has 8 nitrogen and oxygen atoms in total. The number of carbonyl (C=O) groups excluding carboxylic acids is 2. The van der Waals surface area contributed by atoms with E-state index in [2.05, 4.69) is 38.8 Å². The predicted octanol–water partition coefficient (Wildman–Crippen LogP) is 5.32. The summed E-state index contributed by atoms with van der Waals surface area (Å²) in [6.07, 6.45) is 0.771. The number of nitrogens with zero attached hydrogens (tertiary/aromatic N) is 2. The lowest BCUT2D eigenvalue weighted by Crippen LogP contribution is -2.41. The maximum atomic E-state index is 13.5. The molecule has 36 heavy (non-hydrogen) atoms. The lowest BCUT2D eigenvalue weighted by molar-refractivity contribution is -0.135. The van der Waals surface area contributed by atoms with Crippen LogP contribution < -0.4 is 4.74 Å². The van der Waals surface area contributed by atoms with Crippen LogP contribution in [0.5, 0.6) is 5.88 Å². The standard InChI is InChI=1S/C27H38N2O6Si/c1-8-27(32,16-23(30)29-22(18-34-25(29)31)19-12-10-9-11-13-19)21-14-15-28-24(33-5)20(21)17-35-36(6,7)26(2,3)4/h9-15,22,32H,8,16-18H2,1-7H3/t22-,27?/m0/s1. The van der Waals surface area contributed by atoms with Crippen LogP contribution in [0.15, 0.2) is 42.6 Å². The average Bonchev–Trinajstić information content (AvgIpc) is 3.23. The van der Waals surface area contributed by atoms with Gasteiger partial charge in [0, 0.05) is 11.8 Å². The average molecular weight is 515 g/mol. The number of hydrogen-bond acceptors (Lipinski definition) is 7. The van der Waals surface area contributed by atoms with Crippen molar-refractivity contribution < 1.29 is 28.6 Å². The zero-order valence-electron chi connectivity index (χ0n) is 22.3. The molecule has 1 unspecified atom stereocenters. The Bertz CT molecular complexity index is 1090. The molecule has 1 aromatic heterocycles. The number of amides is 2. The van der Waals surface area contributed by atoms with Crippen LogP contribution in [-0.4, -0.2) is 49.0 Å². The van der Waals surface area contributed by atoms with Crippen molar-refractivity contribution in [2.45, 2.75) is 76.9 Å². The van der Waals surface area contributed by atoms with Crippen molar-refractivity contribution >= 4 is 20.3 Å². The van der Waals surface area contributed by atoms with Crippen molar-refractivity contribution in [3.63, 3.8) is 0 Å². The van der Waals surface area contributed by atoms with Crippen molar-refractivity contribution in [3.8, 4) is 5.88 Å². The van der Waals surface area contributed by atoms with Gasteiger partial charge in [-0.15, -0.1) is 0 Å². The van der Waals surface area contributed by atoms with E-state index in [9.17, 15) is 14.7 Å². The molecular formula is C27H38N2O6Si. The van der Waals surface area contributed by atoms with Crippen LogP contribution in [0.3, 0.4) is 0 Å². The van der Waals surface area contributed by atoms with Crippen molar-refractivity contribution in [2.24, 2.45) is 0 Å². The number of hydrogen-bond donors (Lipinski definition) is 1. The summed E-state index contributed by atoms with van der Waals surface area (Å²) in [5.41, 5.74) is 0.341. The Balaban J connectivity index is 1.93. The normalized spacial score (nSPS) is 18.1. The zero-order chi connectivity index (χ0) is 26.7. The van der Waals surface area contributed by atoms with Crippen molar-refractivity contribution in [3.05, 3.63) is 59.3 Å². The van der Waals surface area contributed by atoms with Crippen LogP contribution in [0.25, 0.3) is 0 Å². The molecule has 3 rings (SSSR count). The molecule has 2 heterocycles. The summed E-state index contributed by atoms with van der Waals surface area (Å²) in [7, 11) is -0.609. The van der Waals surface area contributed by atoms with Crippen molar-refractivity contribution in [1.82, 2.24) is 9.88 Å². The molecule has 1 fully saturated rings. The Morgan fingerprint density at radius 1 is 1.22 bits per heavy atom. The molecule has 2 amide bonds. The van der Waals surface area contributed by atoms with E-state index in [-0.39, 0.29) is 31.1 Å². The van der Waals surface area contributed by atoms with Gasteiger partial charge in [-0.1, -0.05) is 58.0 Å². The Hall–Kier alpha value is -2.75. The fraction of sp³-hybridized carbons (Fsp3) is 0.519. The van der Waals surface area contributed by atoms with Gasteiger partial charge in [-0.2, -0.15) is 0 Å². The van der Waals surface area contributed by atoms with Gasteiger partial charge in [-0.25, -0.2) is 14.7 Å². The maximum Gasteiger partial charge on any atom is 0.417 e. The number of carbonyl (C=O) groups is 2. The Kier molecular flexibility index (Phi) is 8.27. The molecule has 0 aliphatic carbocycles. The van der Waals surface area contributed by atoms with Crippen LogP contribution >= 0.6 is 0 Å². The van der Waals surface area contributed by atoms with Crippen molar-refractivity contribution in [1.29, 1.82) is 0 Å². The molecule has 1 aliphatic heterocycles. The van der Waals surface area contributed by atoms with Gasteiger partial charge in [0.05, 0.1) is 25.7 Å². The highest BCUT2D eigenvalue weighted by Crippen LogP contribution is 2.40. The van der Waals surface area contributed by atoms with Crippen molar-refractivity contribution in [2.75, 3.05) is 13.7 Å². The Morgan fingerprint density at radius 2 is 1.89 bits per heavy atom. The fourth-order valence-electron chi connectivity index (χ4n) is 4.06. The minimum absolute atomic E-state index is 0.0117. The van der Waals surface area contributed by atoms with Crippen LogP contribution in [-0.2, 0) is 26.2 Å². The largest absolute Gasteiger partial charge is 0.481 e. The van der Waals surface area contributed by atoms with Crippen LogP contribution in [0.1, 0.15) is 63.3 Å². The van der Waals surface area contributed by atoms with Gasteiger partial charge in [-0.05, 0) is 41.7 Å². The predicted molar refractivity (Wildman–Crippen MR) is 139 cm³/mol. The molecule has 2 aromatic rings. The number of benzene rings is 1. The van der Waals surface area contributed by atoms with Gasteiger partial charge in [0.25, 0.3) is 0 Å². The third kappa shape index (κ3) is 5.63. The first-order valence-electron chi connectivity index (χ1n) is 12.3. The monoisotopic (exact) mass is 514 g/mol. The van der Waals surface area contributed by atoms with Crippen LogP contribution in [0, 0.1) is 0 Å². The highest BCUT2D eigenvalue weighted by atomic mass is 28.4. The highest BCUT2D eigenvalue weighted by Gasteiger charge is 2.44. The quantitative estimate of drug-likeness (QED) is 0.452. The third-order valence-electron chi connectivity index (χ3n) is 7.45. The second kappa shape index (κ2) is 10.7. The van der Waals surface area contributed by atoms with Gasteiger partial charge in [0.15, 0.2) is 8.32 Å². The smallest absolute Gasteiger partial charge is 0.417 e. The molecule has 0 spiro atoms. The van der Waals surface area contributed by atoms with Gasteiger partial charge < -0.3 is 19.0 Å². The Morgan fingerprint density at radius 3 is 2.47 bits per heavy atom. The first-order valence-corrected chi connectivity index (χ1v) is 15.2. The first-order chi connectivity index (χ1) is 16.8. The Labute approximate surface area is 214 Å². The number of cyclic esters (lactones) is 1. The number of methoxy groups -OCH3 is 1. The van der Waals surface area contributed by atoms with Crippen LogP contribution in [0.4, 0.5) is 4.79 Å².